The number of aromatic hydroxyl groups is 1. The number of phenols is 1. The fourth-order valence-corrected chi connectivity index (χ4v) is 6.09. The van der Waals surface area contributed by atoms with Crippen molar-refractivity contribution < 1.29 is 38.6 Å². The van der Waals surface area contributed by atoms with Gasteiger partial charge >= 0.3 is 6.03 Å². The second-order valence-electron chi connectivity index (χ2n) is 9.76. The lowest BCUT2D eigenvalue weighted by Gasteiger charge is -2.41. The molecule has 10 heteroatoms. The van der Waals surface area contributed by atoms with Crippen LogP contribution in [0.2, 0.25) is 0 Å². The molecule has 38 heavy (non-hydrogen) atoms. The Hall–Kier alpha value is -4.47. The summed E-state index contributed by atoms with van der Waals surface area (Å²) >= 11 is 0. The molecule has 0 unspecified atom stereocenters. The van der Waals surface area contributed by atoms with Crippen LogP contribution in [0.1, 0.15) is 25.3 Å². The first-order chi connectivity index (χ1) is 18.1. The number of ether oxygens (including phenoxy) is 2. The largest absolute Gasteiger partial charge is 0.502 e. The standard InChI is InChI=1S/C28H26N2O8/c1-12-8-19(31)22-15(5-4-13-9-20(37-2)25(33)21(10-13)38-3)14-6-7-16-23(17(14)11-18(22)24(12)32)27(35)30(26(16)34)28(29)36/h4-6,8-10,15-17,23,33H,7,11H2,1-3H3,(H2,29,36)/t15-,16-,17+,23-/m0/s1. The number of nitrogens with zero attached hydrogens (tertiary/aromatic N) is 1. The van der Waals surface area contributed by atoms with E-state index in [9.17, 15) is 29.1 Å². The second kappa shape index (κ2) is 9.13. The number of ketones is 2. The minimum absolute atomic E-state index is 0.106. The Bertz CT molecular complexity index is 1420. The van der Waals surface area contributed by atoms with Crippen molar-refractivity contribution in [1.29, 1.82) is 0 Å². The average Bonchev–Trinajstić information content (AvgIpc) is 3.15. The quantitative estimate of drug-likeness (QED) is 0.350. The van der Waals surface area contributed by atoms with Crippen molar-refractivity contribution in [2.45, 2.75) is 19.8 Å². The molecule has 10 nitrogen and oxygen atoms in total. The van der Waals surface area contributed by atoms with E-state index in [2.05, 4.69) is 0 Å². The SMILES string of the molecule is COc1cc(C=C[C@H]2C3=CC[C@@H]4C(=O)N(C(N)=O)C(=O)[C@@H]4[C@@H]3CC3=C2C(=O)C=C(C)C3=O)cc(OC)c1O. The lowest BCUT2D eigenvalue weighted by molar-refractivity contribution is -0.136. The maximum absolute atomic E-state index is 13.2. The molecule has 1 fully saturated rings. The molecule has 0 aromatic heterocycles. The molecular formula is C28H26N2O8. The molecule has 0 spiro atoms. The van der Waals surface area contributed by atoms with E-state index in [0.29, 0.717) is 27.2 Å². The van der Waals surface area contributed by atoms with Crippen molar-refractivity contribution in [3.05, 3.63) is 58.2 Å². The van der Waals surface area contributed by atoms with Crippen LogP contribution in [0.25, 0.3) is 6.08 Å². The van der Waals surface area contributed by atoms with Gasteiger partial charge in [-0.05, 0) is 49.5 Å². The molecule has 1 aromatic rings. The highest BCUT2D eigenvalue weighted by Crippen LogP contribution is 2.52. The normalized spacial score (nSPS) is 26.7. The first-order valence-corrected chi connectivity index (χ1v) is 12.1. The average molecular weight is 519 g/mol. The molecule has 4 amide bonds. The van der Waals surface area contributed by atoms with Crippen molar-refractivity contribution in [3.8, 4) is 17.2 Å². The third kappa shape index (κ3) is 3.67. The zero-order valence-corrected chi connectivity index (χ0v) is 21.0. The number of imide groups is 3. The molecule has 0 saturated carbocycles. The van der Waals surface area contributed by atoms with E-state index in [4.69, 9.17) is 15.2 Å². The van der Waals surface area contributed by atoms with E-state index in [1.165, 1.54) is 20.3 Å². The summed E-state index contributed by atoms with van der Waals surface area (Å²) in [7, 11) is 2.81. The molecule has 0 bridgehead atoms. The van der Waals surface area contributed by atoms with Gasteiger partial charge in [-0.25, -0.2) is 4.79 Å². The maximum Gasteiger partial charge on any atom is 0.328 e. The van der Waals surface area contributed by atoms with Crippen LogP contribution >= 0.6 is 0 Å². The Morgan fingerprint density at radius 2 is 1.74 bits per heavy atom. The number of benzene rings is 1. The molecule has 0 radical (unpaired) electrons. The van der Waals surface area contributed by atoms with Crippen LogP contribution in [0.4, 0.5) is 4.79 Å². The van der Waals surface area contributed by atoms with Crippen LogP contribution in [0.15, 0.2) is 52.7 Å². The lowest BCUT2D eigenvalue weighted by Crippen LogP contribution is -2.42. The summed E-state index contributed by atoms with van der Waals surface area (Å²) in [6, 6.07) is 2.06. The van der Waals surface area contributed by atoms with Gasteiger partial charge in [-0.3, -0.25) is 19.2 Å². The highest BCUT2D eigenvalue weighted by molar-refractivity contribution is 6.23. The number of Topliss-reactive ketones (excluding diaryl/α,β-unsaturated/α-hetero) is 1. The number of phenolic OH excluding ortho intramolecular Hbond substituents is 1. The molecular weight excluding hydrogens is 492 g/mol. The smallest absolute Gasteiger partial charge is 0.328 e. The molecule has 1 aliphatic heterocycles. The van der Waals surface area contributed by atoms with Gasteiger partial charge < -0.3 is 20.3 Å². The highest BCUT2D eigenvalue weighted by Gasteiger charge is 2.57. The third-order valence-electron chi connectivity index (χ3n) is 7.81. The van der Waals surface area contributed by atoms with Crippen LogP contribution in [0.3, 0.4) is 0 Å². The number of carbonyl (C=O) groups is 5. The molecule has 4 aliphatic rings. The van der Waals surface area contributed by atoms with Gasteiger partial charge in [0.05, 0.1) is 26.1 Å². The Morgan fingerprint density at radius 3 is 2.34 bits per heavy atom. The van der Waals surface area contributed by atoms with Gasteiger partial charge in [0, 0.05) is 22.6 Å². The fourth-order valence-electron chi connectivity index (χ4n) is 6.09. The van der Waals surface area contributed by atoms with Gasteiger partial charge in [0.15, 0.2) is 23.1 Å². The third-order valence-corrected chi connectivity index (χ3v) is 7.81. The summed E-state index contributed by atoms with van der Waals surface area (Å²) in [6.45, 7) is 1.57. The summed E-state index contributed by atoms with van der Waals surface area (Å²) in [5.41, 5.74) is 7.61. The Balaban J connectivity index is 1.62. The van der Waals surface area contributed by atoms with Crippen molar-refractivity contribution in [2.24, 2.45) is 29.4 Å². The molecule has 4 atom stereocenters. The predicted molar refractivity (Wildman–Crippen MR) is 134 cm³/mol. The van der Waals surface area contributed by atoms with E-state index in [0.717, 1.165) is 5.57 Å². The number of fused-ring (bicyclic) bond motifs is 3. The van der Waals surface area contributed by atoms with Crippen LogP contribution in [0, 0.1) is 23.7 Å². The van der Waals surface area contributed by atoms with Crippen LogP contribution < -0.4 is 15.2 Å². The van der Waals surface area contributed by atoms with Gasteiger partial charge in [-0.1, -0.05) is 23.8 Å². The van der Waals surface area contributed by atoms with E-state index < -0.39 is 41.5 Å². The Kier molecular flexibility index (Phi) is 6.05. The molecule has 5 rings (SSSR count). The summed E-state index contributed by atoms with van der Waals surface area (Å²) in [4.78, 5) is 64.8. The molecule has 1 saturated heterocycles. The first kappa shape index (κ1) is 25.2. The first-order valence-electron chi connectivity index (χ1n) is 12.1. The van der Waals surface area contributed by atoms with Crippen LogP contribution in [-0.4, -0.2) is 53.6 Å². The fraction of sp³-hybridized carbons (Fsp3) is 0.321. The summed E-state index contributed by atoms with van der Waals surface area (Å²) in [6.07, 6.45) is 6.94. The van der Waals surface area contributed by atoms with Gasteiger partial charge in [0.2, 0.25) is 17.6 Å². The number of amides is 4. The second-order valence-corrected chi connectivity index (χ2v) is 9.76. The number of likely N-dealkylation sites (tertiary alicyclic amines) is 1. The van der Waals surface area contributed by atoms with Crippen molar-refractivity contribution >= 4 is 35.5 Å². The number of hydrogen-bond donors (Lipinski definition) is 2. The summed E-state index contributed by atoms with van der Waals surface area (Å²) in [5, 5.41) is 10.2. The molecule has 1 aromatic carbocycles. The van der Waals surface area contributed by atoms with Gasteiger partial charge in [0.25, 0.3) is 0 Å². The number of urea groups is 1. The molecule has 3 N–H and O–H groups in total. The van der Waals surface area contributed by atoms with Gasteiger partial charge in [-0.2, -0.15) is 4.90 Å². The number of allylic oxidation sites excluding steroid dienone is 7. The molecule has 1 heterocycles. The zero-order chi connectivity index (χ0) is 27.5. The van der Waals surface area contributed by atoms with Crippen LogP contribution in [-0.2, 0) is 19.2 Å². The highest BCUT2D eigenvalue weighted by atomic mass is 16.5. The molecule has 196 valence electrons. The Labute approximate surface area is 218 Å². The summed E-state index contributed by atoms with van der Waals surface area (Å²) < 4.78 is 10.5. The van der Waals surface area contributed by atoms with Gasteiger partial charge in [-0.15, -0.1) is 0 Å². The minimum Gasteiger partial charge on any atom is -0.502 e. The number of nitrogens with two attached hydrogens (primary N) is 1. The van der Waals surface area contributed by atoms with Crippen molar-refractivity contribution in [2.75, 3.05) is 14.2 Å². The lowest BCUT2D eigenvalue weighted by atomic mass is 9.60. The van der Waals surface area contributed by atoms with Crippen molar-refractivity contribution in [3.63, 3.8) is 0 Å². The predicted octanol–water partition coefficient (Wildman–Crippen LogP) is 2.46. The van der Waals surface area contributed by atoms with E-state index in [1.54, 1.807) is 31.2 Å². The van der Waals surface area contributed by atoms with Crippen molar-refractivity contribution in [1.82, 2.24) is 4.90 Å². The topological polar surface area (TPSA) is 153 Å². The van der Waals surface area contributed by atoms with E-state index >= 15 is 0 Å². The molecule has 3 aliphatic carbocycles. The minimum atomic E-state index is -1.12. The number of carbonyl (C=O) groups excluding carboxylic acids is 5. The number of hydrogen-bond acceptors (Lipinski definition) is 8. The van der Waals surface area contributed by atoms with E-state index in [-0.39, 0.29) is 41.7 Å². The van der Waals surface area contributed by atoms with E-state index in [1.807, 2.05) is 6.08 Å². The maximum atomic E-state index is 13.2. The van der Waals surface area contributed by atoms with Gasteiger partial charge in [0.1, 0.15) is 0 Å². The Morgan fingerprint density at radius 1 is 1.08 bits per heavy atom. The number of rotatable bonds is 4. The number of primary amides is 1. The zero-order valence-electron chi connectivity index (χ0n) is 21.0. The monoisotopic (exact) mass is 518 g/mol. The van der Waals surface area contributed by atoms with Crippen LogP contribution in [0.5, 0.6) is 17.2 Å². The summed E-state index contributed by atoms with van der Waals surface area (Å²) in [5.74, 6) is -4.50. The number of methoxy groups -OCH3 is 2.